The van der Waals surface area contributed by atoms with E-state index >= 15 is 0 Å². The van der Waals surface area contributed by atoms with Crippen LogP contribution in [0.1, 0.15) is 43.9 Å². The van der Waals surface area contributed by atoms with Gasteiger partial charge in [0.25, 0.3) is 0 Å². The third-order valence-electron chi connectivity index (χ3n) is 4.75. The number of likely N-dealkylation sites (N-methyl/N-ethyl adjacent to an activating group) is 3. The summed E-state index contributed by atoms with van der Waals surface area (Å²) in [5, 5.41) is 2.78. The van der Waals surface area contributed by atoms with Gasteiger partial charge in [0.05, 0.1) is 19.1 Å². The van der Waals surface area contributed by atoms with E-state index in [1.165, 1.54) is 11.1 Å². The number of aryl methyl sites for hydroxylation is 1. The summed E-state index contributed by atoms with van der Waals surface area (Å²) in [7, 11) is 1.88. The predicted molar refractivity (Wildman–Crippen MR) is 95.7 cm³/mol. The van der Waals surface area contributed by atoms with Gasteiger partial charge in [-0.05, 0) is 43.9 Å². The lowest BCUT2D eigenvalue weighted by molar-refractivity contribution is -0.134. The van der Waals surface area contributed by atoms with Crippen molar-refractivity contribution in [3.8, 4) is 0 Å². The van der Waals surface area contributed by atoms with Crippen molar-refractivity contribution in [3.05, 3.63) is 35.4 Å². The molecule has 1 unspecified atom stereocenters. The number of nitrogens with one attached hydrogen (secondary N) is 1. The van der Waals surface area contributed by atoms with Crippen molar-refractivity contribution in [2.75, 3.05) is 33.2 Å². The molecule has 1 atom stereocenters. The lowest BCUT2D eigenvalue weighted by Crippen LogP contribution is -2.44. The van der Waals surface area contributed by atoms with E-state index in [4.69, 9.17) is 0 Å². The fraction of sp³-hybridized carbons (Fsp3) is 0.579. The van der Waals surface area contributed by atoms with Gasteiger partial charge < -0.3 is 10.2 Å². The standard InChI is InChI=1S/C19H29N3O2/c1-4-20-18(23)13-22(5-2)14-19(24)21(3)17-12-8-10-15-9-6-7-11-16(15)17/h6-7,9,11,17H,4-5,8,10,12-14H2,1-3H3,(H,20,23). The van der Waals surface area contributed by atoms with Gasteiger partial charge in [-0.1, -0.05) is 31.2 Å². The van der Waals surface area contributed by atoms with Crippen LogP contribution in [0.5, 0.6) is 0 Å². The Morgan fingerprint density at radius 3 is 2.67 bits per heavy atom. The molecule has 1 aliphatic carbocycles. The first-order valence-electron chi connectivity index (χ1n) is 8.89. The molecule has 1 N–H and O–H groups in total. The average Bonchev–Trinajstić information content (AvgIpc) is 2.60. The number of benzene rings is 1. The van der Waals surface area contributed by atoms with Crippen LogP contribution < -0.4 is 5.32 Å². The number of fused-ring (bicyclic) bond motifs is 1. The molecule has 132 valence electrons. The van der Waals surface area contributed by atoms with Crippen LogP contribution in [0.2, 0.25) is 0 Å². The topological polar surface area (TPSA) is 52.7 Å². The predicted octanol–water partition coefficient (Wildman–Crippen LogP) is 1.98. The summed E-state index contributed by atoms with van der Waals surface area (Å²) >= 11 is 0. The van der Waals surface area contributed by atoms with Crippen molar-refractivity contribution in [1.82, 2.24) is 15.1 Å². The van der Waals surface area contributed by atoms with Crippen LogP contribution in [0.15, 0.2) is 24.3 Å². The molecule has 0 aliphatic heterocycles. The molecule has 1 aromatic carbocycles. The smallest absolute Gasteiger partial charge is 0.237 e. The third kappa shape index (κ3) is 4.57. The largest absolute Gasteiger partial charge is 0.355 e. The van der Waals surface area contributed by atoms with E-state index in [9.17, 15) is 9.59 Å². The van der Waals surface area contributed by atoms with Crippen molar-refractivity contribution in [3.63, 3.8) is 0 Å². The van der Waals surface area contributed by atoms with Crippen molar-refractivity contribution in [1.29, 1.82) is 0 Å². The number of hydrogen-bond donors (Lipinski definition) is 1. The second kappa shape index (κ2) is 8.83. The summed E-state index contributed by atoms with van der Waals surface area (Å²) in [5.74, 6) is 0.0423. The molecular weight excluding hydrogens is 302 g/mol. The zero-order valence-corrected chi connectivity index (χ0v) is 15.0. The Balaban J connectivity index is 2.00. The summed E-state index contributed by atoms with van der Waals surface area (Å²) in [5.41, 5.74) is 2.62. The summed E-state index contributed by atoms with van der Waals surface area (Å²) in [6.07, 6.45) is 3.20. The maximum Gasteiger partial charge on any atom is 0.237 e. The number of hydrogen-bond acceptors (Lipinski definition) is 3. The van der Waals surface area contributed by atoms with Crippen LogP contribution in [-0.2, 0) is 16.0 Å². The summed E-state index contributed by atoms with van der Waals surface area (Å²) < 4.78 is 0. The highest BCUT2D eigenvalue weighted by Gasteiger charge is 2.27. The van der Waals surface area contributed by atoms with E-state index in [2.05, 4.69) is 23.5 Å². The fourth-order valence-corrected chi connectivity index (χ4v) is 3.34. The SMILES string of the molecule is CCNC(=O)CN(CC)CC(=O)N(C)C1CCCc2ccccc21. The molecule has 5 nitrogen and oxygen atoms in total. The average molecular weight is 331 g/mol. The highest BCUT2D eigenvalue weighted by molar-refractivity contribution is 5.81. The number of nitrogens with zero attached hydrogens (tertiary/aromatic N) is 2. The van der Waals surface area contributed by atoms with Gasteiger partial charge in [-0.3, -0.25) is 14.5 Å². The van der Waals surface area contributed by atoms with E-state index in [1.54, 1.807) is 0 Å². The van der Waals surface area contributed by atoms with Crippen LogP contribution in [0.3, 0.4) is 0 Å². The molecule has 0 aromatic heterocycles. The van der Waals surface area contributed by atoms with Gasteiger partial charge in [-0.15, -0.1) is 0 Å². The Labute approximate surface area is 145 Å². The number of amides is 2. The highest BCUT2D eigenvalue weighted by atomic mass is 16.2. The molecule has 1 aliphatic rings. The van der Waals surface area contributed by atoms with Gasteiger partial charge in [0.1, 0.15) is 0 Å². The molecule has 2 rings (SSSR count). The minimum atomic E-state index is -0.0298. The van der Waals surface area contributed by atoms with Gasteiger partial charge in [0.15, 0.2) is 0 Å². The zero-order valence-electron chi connectivity index (χ0n) is 15.0. The maximum atomic E-state index is 12.7. The Kier molecular flexibility index (Phi) is 6.79. The molecule has 0 spiro atoms. The van der Waals surface area contributed by atoms with Crippen molar-refractivity contribution >= 4 is 11.8 Å². The lowest BCUT2D eigenvalue weighted by Gasteiger charge is -2.34. The second-order valence-electron chi connectivity index (χ2n) is 6.37. The summed E-state index contributed by atoms with van der Waals surface area (Å²) in [6.45, 7) is 5.71. The molecule has 2 amide bonds. The third-order valence-corrected chi connectivity index (χ3v) is 4.75. The van der Waals surface area contributed by atoms with Crippen molar-refractivity contribution in [2.24, 2.45) is 0 Å². The normalized spacial score (nSPS) is 16.6. The Hall–Kier alpha value is -1.88. The first-order chi connectivity index (χ1) is 11.6. The summed E-state index contributed by atoms with van der Waals surface area (Å²) in [6, 6.07) is 8.55. The molecule has 1 aromatic rings. The van der Waals surface area contributed by atoms with Gasteiger partial charge in [0, 0.05) is 13.6 Å². The Bertz CT molecular complexity index is 573. The van der Waals surface area contributed by atoms with Gasteiger partial charge in [-0.25, -0.2) is 0 Å². The molecule has 0 saturated heterocycles. The Morgan fingerprint density at radius 2 is 1.96 bits per heavy atom. The number of rotatable bonds is 7. The van der Waals surface area contributed by atoms with Crippen LogP contribution in [0.25, 0.3) is 0 Å². The molecule has 0 radical (unpaired) electrons. The Morgan fingerprint density at radius 1 is 1.21 bits per heavy atom. The molecular formula is C19H29N3O2. The number of carbonyl (C=O) groups excluding carboxylic acids is 2. The lowest BCUT2D eigenvalue weighted by atomic mass is 9.87. The van der Waals surface area contributed by atoms with Gasteiger partial charge >= 0.3 is 0 Å². The quantitative estimate of drug-likeness (QED) is 0.831. The zero-order chi connectivity index (χ0) is 17.5. The minimum absolute atomic E-state index is 0.0298. The first-order valence-corrected chi connectivity index (χ1v) is 8.89. The van der Waals surface area contributed by atoms with E-state index < -0.39 is 0 Å². The molecule has 5 heteroatoms. The minimum Gasteiger partial charge on any atom is -0.355 e. The van der Waals surface area contributed by atoms with E-state index in [0.29, 0.717) is 13.1 Å². The van der Waals surface area contributed by atoms with E-state index in [-0.39, 0.29) is 30.9 Å². The molecule has 0 saturated carbocycles. The van der Waals surface area contributed by atoms with Crippen LogP contribution >= 0.6 is 0 Å². The fourth-order valence-electron chi connectivity index (χ4n) is 3.34. The monoisotopic (exact) mass is 331 g/mol. The van der Waals surface area contributed by atoms with E-state index in [0.717, 1.165) is 19.3 Å². The van der Waals surface area contributed by atoms with Crippen LogP contribution in [-0.4, -0.2) is 54.8 Å². The van der Waals surface area contributed by atoms with Crippen LogP contribution in [0.4, 0.5) is 0 Å². The van der Waals surface area contributed by atoms with Crippen molar-refractivity contribution < 1.29 is 9.59 Å². The molecule has 0 bridgehead atoms. The molecule has 24 heavy (non-hydrogen) atoms. The first kappa shape index (κ1) is 18.5. The summed E-state index contributed by atoms with van der Waals surface area (Å²) in [4.78, 5) is 28.2. The molecule has 0 fully saturated rings. The highest BCUT2D eigenvalue weighted by Crippen LogP contribution is 2.33. The molecule has 0 heterocycles. The van der Waals surface area contributed by atoms with Crippen molar-refractivity contribution in [2.45, 2.75) is 39.2 Å². The van der Waals surface area contributed by atoms with Crippen LogP contribution in [0, 0.1) is 0 Å². The number of carbonyl (C=O) groups is 2. The van der Waals surface area contributed by atoms with Gasteiger partial charge in [0.2, 0.25) is 11.8 Å². The second-order valence-corrected chi connectivity index (χ2v) is 6.37. The van der Waals surface area contributed by atoms with E-state index in [1.807, 2.05) is 36.8 Å². The maximum absolute atomic E-state index is 12.7. The van der Waals surface area contributed by atoms with Gasteiger partial charge in [-0.2, -0.15) is 0 Å².